The van der Waals surface area contributed by atoms with Crippen LogP contribution in [0.25, 0.3) is 0 Å². The lowest BCUT2D eigenvalue weighted by atomic mass is 9.77. The summed E-state index contributed by atoms with van der Waals surface area (Å²) in [6, 6.07) is 10.1. The fraction of sp³-hybridized carbons (Fsp3) is 0.333. The predicted octanol–water partition coefficient (Wildman–Crippen LogP) is 3.74. The van der Waals surface area contributed by atoms with E-state index < -0.39 is 10.0 Å². The molecule has 0 amide bonds. The van der Waals surface area contributed by atoms with E-state index in [4.69, 9.17) is 16.7 Å². The number of benzene rings is 2. The number of nitrogens with two attached hydrogens (primary N) is 1. The summed E-state index contributed by atoms with van der Waals surface area (Å²) < 4.78 is 23.4. The monoisotopic (exact) mass is 378 g/mol. The van der Waals surface area contributed by atoms with Crippen LogP contribution in [0.5, 0.6) is 5.75 Å². The first-order chi connectivity index (χ1) is 11.8. The number of phenols is 1. The Kier molecular flexibility index (Phi) is 3.94. The highest BCUT2D eigenvalue weighted by Crippen LogP contribution is 2.53. The molecule has 0 bridgehead atoms. The molecule has 7 heteroatoms. The average molecular weight is 379 g/mol. The second kappa shape index (κ2) is 5.90. The van der Waals surface area contributed by atoms with Gasteiger partial charge in [-0.1, -0.05) is 24.1 Å². The van der Waals surface area contributed by atoms with E-state index in [0.717, 1.165) is 36.1 Å². The quantitative estimate of drug-likeness (QED) is 0.742. The maximum atomic E-state index is 11.7. The van der Waals surface area contributed by atoms with Gasteiger partial charge in [-0.2, -0.15) is 0 Å². The van der Waals surface area contributed by atoms with Gasteiger partial charge in [0.2, 0.25) is 10.0 Å². The molecule has 1 saturated carbocycles. The largest absolute Gasteiger partial charge is 0.508 e. The number of fused-ring (bicyclic) bond motifs is 3. The summed E-state index contributed by atoms with van der Waals surface area (Å²) in [4.78, 5) is 0.153. The van der Waals surface area contributed by atoms with E-state index >= 15 is 0 Å². The van der Waals surface area contributed by atoms with E-state index in [1.54, 1.807) is 24.3 Å². The number of hydrogen-bond donors (Lipinski definition) is 3. The number of rotatable bonds is 2. The van der Waals surface area contributed by atoms with Crippen molar-refractivity contribution in [3.63, 3.8) is 0 Å². The number of nitrogens with one attached hydrogen (secondary N) is 1. The first kappa shape index (κ1) is 16.7. The van der Waals surface area contributed by atoms with E-state index in [9.17, 15) is 13.5 Å². The van der Waals surface area contributed by atoms with E-state index in [2.05, 4.69) is 5.32 Å². The molecule has 132 valence electrons. The number of phenolic OH excluding ortho intramolecular Hbond substituents is 1. The fourth-order valence-corrected chi connectivity index (χ4v) is 5.12. The third-order valence-electron chi connectivity index (χ3n) is 5.38. The summed E-state index contributed by atoms with van der Waals surface area (Å²) in [7, 11) is -3.72. The number of sulfonamides is 1. The first-order valence-corrected chi connectivity index (χ1v) is 10.2. The van der Waals surface area contributed by atoms with Crippen molar-refractivity contribution in [3.05, 3.63) is 52.5 Å². The van der Waals surface area contributed by atoms with Gasteiger partial charge in [-0.15, -0.1) is 0 Å². The van der Waals surface area contributed by atoms with Gasteiger partial charge in [-0.3, -0.25) is 0 Å². The van der Waals surface area contributed by atoms with Crippen molar-refractivity contribution in [3.8, 4) is 5.75 Å². The standard InChI is InChI=1S/C18H19ClN2O3S/c19-16-8-10(22)4-6-14(16)18-13-3-1-2-12(13)15-9-11(25(20,23)24)5-7-17(15)21-18/h4-9,12-13,18,21-22H,1-3H2,(H2,20,23,24)/t12-,13+,18-/m0/s1. The molecule has 0 unspecified atom stereocenters. The summed E-state index contributed by atoms with van der Waals surface area (Å²) in [5.74, 6) is 0.740. The van der Waals surface area contributed by atoms with Crippen molar-refractivity contribution < 1.29 is 13.5 Å². The number of primary sulfonamides is 1. The molecule has 25 heavy (non-hydrogen) atoms. The number of halogens is 1. The van der Waals surface area contributed by atoms with Crippen molar-refractivity contribution in [1.29, 1.82) is 0 Å². The van der Waals surface area contributed by atoms with Crippen LogP contribution in [0, 0.1) is 5.92 Å². The first-order valence-electron chi connectivity index (χ1n) is 8.26. The average Bonchev–Trinajstić information content (AvgIpc) is 3.03. The van der Waals surface area contributed by atoms with Crippen LogP contribution in [-0.2, 0) is 10.0 Å². The molecule has 0 spiro atoms. The van der Waals surface area contributed by atoms with Gasteiger partial charge in [0.15, 0.2) is 0 Å². The molecule has 1 aliphatic carbocycles. The SMILES string of the molecule is NS(=O)(=O)c1ccc2c(c1)[C@H]1CCC[C@H]1[C@@H](c1ccc(O)cc1Cl)N2. The van der Waals surface area contributed by atoms with Crippen LogP contribution in [0.4, 0.5) is 5.69 Å². The highest BCUT2D eigenvalue weighted by atomic mass is 35.5. The van der Waals surface area contributed by atoms with Gasteiger partial charge in [0.25, 0.3) is 0 Å². The van der Waals surface area contributed by atoms with E-state index in [1.807, 2.05) is 6.07 Å². The molecule has 4 N–H and O–H groups in total. The maximum Gasteiger partial charge on any atom is 0.238 e. The third kappa shape index (κ3) is 2.88. The van der Waals surface area contributed by atoms with Crippen LogP contribution in [0.1, 0.15) is 42.3 Å². The topological polar surface area (TPSA) is 92.4 Å². The maximum absolute atomic E-state index is 11.7. The van der Waals surface area contributed by atoms with Crippen LogP contribution in [0.15, 0.2) is 41.3 Å². The van der Waals surface area contributed by atoms with Gasteiger partial charge in [-0.05, 0) is 66.1 Å². The number of anilines is 1. The van der Waals surface area contributed by atoms with Crippen molar-refractivity contribution in [1.82, 2.24) is 0 Å². The Hall–Kier alpha value is -1.76. The van der Waals surface area contributed by atoms with Gasteiger partial charge < -0.3 is 10.4 Å². The zero-order valence-corrected chi connectivity index (χ0v) is 15.0. The molecule has 5 nitrogen and oxygen atoms in total. The highest BCUT2D eigenvalue weighted by Gasteiger charge is 2.41. The highest BCUT2D eigenvalue weighted by molar-refractivity contribution is 7.89. The molecule has 3 atom stereocenters. The fourth-order valence-electron chi connectivity index (χ4n) is 4.28. The normalized spacial score (nSPS) is 25.1. The molecule has 0 saturated heterocycles. The summed E-state index contributed by atoms with van der Waals surface area (Å²) in [6.07, 6.45) is 3.14. The lowest BCUT2D eigenvalue weighted by Crippen LogP contribution is -2.29. The van der Waals surface area contributed by atoms with Gasteiger partial charge in [0.1, 0.15) is 5.75 Å². The Morgan fingerprint density at radius 3 is 2.64 bits per heavy atom. The molecule has 0 radical (unpaired) electrons. The Balaban J connectivity index is 1.80. The number of aromatic hydroxyl groups is 1. The zero-order chi connectivity index (χ0) is 17.8. The number of hydrogen-bond acceptors (Lipinski definition) is 4. The molecule has 0 aromatic heterocycles. The van der Waals surface area contributed by atoms with Crippen LogP contribution in [0.3, 0.4) is 0 Å². The summed E-state index contributed by atoms with van der Waals surface area (Å²) in [5, 5.41) is 19.0. The summed E-state index contributed by atoms with van der Waals surface area (Å²) in [5.41, 5.74) is 2.89. The van der Waals surface area contributed by atoms with Crippen molar-refractivity contribution in [2.75, 3.05) is 5.32 Å². The minimum atomic E-state index is -3.72. The van der Waals surface area contributed by atoms with E-state index in [1.165, 1.54) is 6.07 Å². The van der Waals surface area contributed by atoms with Crippen molar-refractivity contribution in [2.45, 2.75) is 36.1 Å². The lowest BCUT2D eigenvalue weighted by molar-refractivity contribution is 0.405. The minimum absolute atomic E-state index is 0.0356. The van der Waals surface area contributed by atoms with Crippen LogP contribution in [-0.4, -0.2) is 13.5 Å². The van der Waals surface area contributed by atoms with E-state index in [-0.39, 0.29) is 22.6 Å². The summed E-state index contributed by atoms with van der Waals surface area (Å²) in [6.45, 7) is 0. The van der Waals surface area contributed by atoms with Gasteiger partial charge >= 0.3 is 0 Å². The zero-order valence-electron chi connectivity index (χ0n) is 13.4. The van der Waals surface area contributed by atoms with Crippen LogP contribution in [0.2, 0.25) is 5.02 Å². The van der Waals surface area contributed by atoms with Gasteiger partial charge in [0, 0.05) is 10.7 Å². The Labute approximate surface area is 151 Å². The Bertz CT molecular complexity index is 945. The second-order valence-electron chi connectivity index (χ2n) is 6.82. The van der Waals surface area contributed by atoms with Crippen LogP contribution < -0.4 is 10.5 Å². The Morgan fingerprint density at radius 1 is 1.12 bits per heavy atom. The van der Waals surface area contributed by atoms with Crippen LogP contribution >= 0.6 is 11.6 Å². The lowest BCUT2D eigenvalue weighted by Gasteiger charge is -2.38. The molecule has 1 aliphatic heterocycles. The van der Waals surface area contributed by atoms with E-state index in [0.29, 0.717) is 10.9 Å². The molecular formula is C18H19ClN2O3S. The molecule has 2 aliphatic rings. The molecule has 1 heterocycles. The Morgan fingerprint density at radius 2 is 1.92 bits per heavy atom. The molecule has 4 rings (SSSR count). The summed E-state index contributed by atoms with van der Waals surface area (Å²) >= 11 is 6.37. The molecule has 1 fully saturated rings. The second-order valence-corrected chi connectivity index (χ2v) is 8.79. The molecule has 2 aromatic carbocycles. The van der Waals surface area contributed by atoms with Gasteiger partial charge in [-0.25, -0.2) is 13.6 Å². The third-order valence-corrected chi connectivity index (χ3v) is 6.62. The minimum Gasteiger partial charge on any atom is -0.508 e. The smallest absolute Gasteiger partial charge is 0.238 e. The predicted molar refractivity (Wildman–Crippen MR) is 97.4 cm³/mol. The van der Waals surface area contributed by atoms with Crippen molar-refractivity contribution >= 4 is 27.3 Å². The van der Waals surface area contributed by atoms with Gasteiger partial charge in [0.05, 0.1) is 10.9 Å². The molecular weight excluding hydrogens is 360 g/mol. The van der Waals surface area contributed by atoms with Crippen molar-refractivity contribution in [2.24, 2.45) is 11.1 Å². The molecule has 2 aromatic rings.